The molecule has 1 amide bonds. The van der Waals surface area contributed by atoms with Gasteiger partial charge in [-0.1, -0.05) is 12.1 Å². The van der Waals surface area contributed by atoms with Crippen LogP contribution in [0.15, 0.2) is 24.3 Å². The first kappa shape index (κ1) is 17.8. The first-order chi connectivity index (χ1) is 11.8. The van der Waals surface area contributed by atoms with Crippen LogP contribution in [0.25, 0.3) is 11.4 Å². The molecule has 8 heteroatoms. The molecule has 1 atom stereocenters. The zero-order valence-electron chi connectivity index (χ0n) is 13.8. The largest absolute Gasteiger partial charge is 0.378 e. The summed E-state index contributed by atoms with van der Waals surface area (Å²) in [6.07, 6.45) is 2.77. The van der Waals surface area contributed by atoms with Crippen LogP contribution in [0.2, 0.25) is 0 Å². The van der Waals surface area contributed by atoms with E-state index in [4.69, 9.17) is 4.74 Å². The van der Waals surface area contributed by atoms with Crippen LogP contribution >= 0.6 is 12.4 Å². The van der Waals surface area contributed by atoms with Crippen molar-refractivity contribution in [3.05, 3.63) is 30.1 Å². The van der Waals surface area contributed by atoms with Crippen LogP contribution < -0.4 is 10.6 Å². The Labute approximate surface area is 152 Å². The summed E-state index contributed by atoms with van der Waals surface area (Å²) in [6, 6.07) is 7.71. The number of anilines is 1. The van der Waals surface area contributed by atoms with Gasteiger partial charge in [-0.2, -0.15) is 5.10 Å². The Hall–Kier alpha value is -1.96. The second-order valence-electron chi connectivity index (χ2n) is 6.38. The number of benzene rings is 1. The van der Waals surface area contributed by atoms with Gasteiger partial charge >= 0.3 is 0 Å². The van der Waals surface area contributed by atoms with E-state index in [1.54, 1.807) is 0 Å². The Bertz CT molecular complexity index is 725. The average Bonchev–Trinajstić information content (AvgIpc) is 3.33. The molecular weight excluding hydrogens is 342 g/mol. The first-order valence-corrected chi connectivity index (χ1v) is 8.41. The van der Waals surface area contributed by atoms with Gasteiger partial charge in [0.15, 0.2) is 5.82 Å². The minimum atomic E-state index is -0.0243. The van der Waals surface area contributed by atoms with E-state index in [-0.39, 0.29) is 24.4 Å². The fourth-order valence-electron chi connectivity index (χ4n) is 2.87. The molecular formula is C17H22ClN5O2. The van der Waals surface area contributed by atoms with Crippen LogP contribution in [0.5, 0.6) is 0 Å². The highest BCUT2D eigenvalue weighted by atomic mass is 35.5. The first-order valence-electron chi connectivity index (χ1n) is 8.41. The van der Waals surface area contributed by atoms with Gasteiger partial charge in [-0.3, -0.25) is 9.89 Å². The predicted octanol–water partition coefficient (Wildman–Crippen LogP) is 2.09. The lowest BCUT2D eigenvalue weighted by molar-refractivity contribution is -0.117. The van der Waals surface area contributed by atoms with E-state index in [9.17, 15) is 4.79 Å². The van der Waals surface area contributed by atoms with Crippen molar-refractivity contribution in [2.75, 3.05) is 25.1 Å². The Balaban J connectivity index is 0.00000182. The lowest BCUT2D eigenvalue weighted by Gasteiger charge is -2.23. The standard InChI is InChI=1S/C17H21N5O2.ClH/c23-15(9-14-10-24-7-6-18-14)19-13-3-1-2-12(8-13)17-20-16(21-22-17)11-4-5-11;/h1-3,8,11,14,18H,4-7,9-10H2,(H,19,23)(H,20,21,22);1H. The summed E-state index contributed by atoms with van der Waals surface area (Å²) in [4.78, 5) is 16.7. The Morgan fingerprint density at radius 2 is 2.24 bits per heavy atom. The minimum absolute atomic E-state index is 0. The number of ether oxygens (including phenoxy) is 1. The summed E-state index contributed by atoms with van der Waals surface area (Å²) >= 11 is 0. The Morgan fingerprint density at radius 3 is 3.00 bits per heavy atom. The van der Waals surface area contributed by atoms with Gasteiger partial charge in [-0.05, 0) is 25.0 Å². The Kier molecular flexibility index (Phi) is 5.67. The Morgan fingerprint density at radius 1 is 1.36 bits per heavy atom. The monoisotopic (exact) mass is 363 g/mol. The van der Waals surface area contributed by atoms with Crippen molar-refractivity contribution in [1.82, 2.24) is 20.5 Å². The molecule has 0 radical (unpaired) electrons. The number of nitrogens with zero attached hydrogens (tertiary/aromatic N) is 2. The van der Waals surface area contributed by atoms with Gasteiger partial charge in [0.25, 0.3) is 0 Å². The van der Waals surface area contributed by atoms with Crippen molar-refractivity contribution >= 4 is 24.0 Å². The molecule has 2 aliphatic rings. The third-order valence-electron chi connectivity index (χ3n) is 4.30. The third-order valence-corrected chi connectivity index (χ3v) is 4.30. The van der Waals surface area contributed by atoms with E-state index in [1.807, 2.05) is 24.3 Å². The quantitative estimate of drug-likeness (QED) is 0.756. The number of halogens is 1. The number of rotatable bonds is 5. The van der Waals surface area contributed by atoms with Gasteiger partial charge < -0.3 is 15.4 Å². The zero-order valence-corrected chi connectivity index (χ0v) is 14.6. The van der Waals surface area contributed by atoms with E-state index in [2.05, 4.69) is 25.8 Å². The molecule has 1 unspecified atom stereocenters. The van der Waals surface area contributed by atoms with Gasteiger partial charge in [0.1, 0.15) is 5.82 Å². The summed E-state index contributed by atoms with van der Waals surface area (Å²) in [5.41, 5.74) is 1.65. The molecule has 1 aliphatic heterocycles. The summed E-state index contributed by atoms with van der Waals surface area (Å²) in [5.74, 6) is 2.15. The van der Waals surface area contributed by atoms with E-state index < -0.39 is 0 Å². The van der Waals surface area contributed by atoms with Gasteiger partial charge in [-0.15, -0.1) is 12.4 Å². The van der Waals surface area contributed by atoms with E-state index in [0.717, 1.165) is 23.6 Å². The number of morpholine rings is 1. The molecule has 0 bridgehead atoms. The van der Waals surface area contributed by atoms with Crippen LogP contribution in [0, 0.1) is 0 Å². The number of carbonyl (C=O) groups is 1. The molecule has 7 nitrogen and oxygen atoms in total. The van der Waals surface area contributed by atoms with E-state index in [0.29, 0.717) is 31.4 Å². The molecule has 1 aliphatic carbocycles. The SMILES string of the molecule is Cl.O=C(CC1COCCN1)Nc1cccc(-c2n[nH]c(C3CC3)n2)c1. The average molecular weight is 364 g/mol. The molecule has 1 saturated heterocycles. The second kappa shape index (κ2) is 7.95. The molecule has 134 valence electrons. The summed E-state index contributed by atoms with van der Waals surface area (Å²) in [5, 5.41) is 13.5. The molecule has 2 heterocycles. The number of hydrogen-bond acceptors (Lipinski definition) is 5. The number of aromatic nitrogens is 3. The number of aromatic amines is 1. The maximum absolute atomic E-state index is 12.2. The number of carbonyl (C=O) groups excluding carboxylic acids is 1. The molecule has 2 fully saturated rings. The lowest BCUT2D eigenvalue weighted by Crippen LogP contribution is -2.43. The number of amides is 1. The van der Waals surface area contributed by atoms with Crippen LogP contribution in [0.4, 0.5) is 5.69 Å². The highest BCUT2D eigenvalue weighted by Gasteiger charge is 2.27. The van der Waals surface area contributed by atoms with Crippen molar-refractivity contribution in [3.63, 3.8) is 0 Å². The third kappa shape index (κ3) is 4.56. The predicted molar refractivity (Wildman–Crippen MR) is 96.9 cm³/mol. The van der Waals surface area contributed by atoms with Gasteiger partial charge in [0, 0.05) is 36.2 Å². The fourth-order valence-corrected chi connectivity index (χ4v) is 2.87. The van der Waals surface area contributed by atoms with Gasteiger partial charge in [-0.25, -0.2) is 4.98 Å². The zero-order chi connectivity index (χ0) is 16.4. The van der Waals surface area contributed by atoms with Crippen molar-refractivity contribution < 1.29 is 9.53 Å². The molecule has 1 saturated carbocycles. The minimum Gasteiger partial charge on any atom is -0.378 e. The number of nitrogens with one attached hydrogen (secondary N) is 3. The van der Waals surface area contributed by atoms with Crippen molar-refractivity contribution in [2.24, 2.45) is 0 Å². The van der Waals surface area contributed by atoms with E-state index in [1.165, 1.54) is 12.8 Å². The van der Waals surface area contributed by atoms with Crippen LogP contribution in [0.1, 0.15) is 31.0 Å². The summed E-state index contributed by atoms with van der Waals surface area (Å²) < 4.78 is 5.37. The molecule has 2 aromatic rings. The van der Waals surface area contributed by atoms with Gasteiger partial charge in [0.2, 0.25) is 5.91 Å². The number of hydrogen-bond donors (Lipinski definition) is 3. The van der Waals surface area contributed by atoms with Crippen LogP contribution in [-0.4, -0.2) is 46.9 Å². The molecule has 1 aromatic heterocycles. The lowest BCUT2D eigenvalue weighted by atomic mass is 10.1. The molecule has 0 spiro atoms. The maximum Gasteiger partial charge on any atom is 0.226 e. The normalized spacial score (nSPS) is 19.9. The molecule has 25 heavy (non-hydrogen) atoms. The molecule has 3 N–H and O–H groups in total. The van der Waals surface area contributed by atoms with Crippen molar-refractivity contribution in [3.8, 4) is 11.4 Å². The maximum atomic E-state index is 12.2. The fraction of sp³-hybridized carbons (Fsp3) is 0.471. The summed E-state index contributed by atoms with van der Waals surface area (Å²) in [6.45, 7) is 2.08. The topological polar surface area (TPSA) is 91.9 Å². The summed E-state index contributed by atoms with van der Waals surface area (Å²) in [7, 11) is 0. The molecule has 4 rings (SSSR count). The van der Waals surface area contributed by atoms with Crippen LogP contribution in [0.3, 0.4) is 0 Å². The second-order valence-corrected chi connectivity index (χ2v) is 6.38. The molecule has 1 aromatic carbocycles. The highest BCUT2D eigenvalue weighted by molar-refractivity contribution is 5.91. The van der Waals surface area contributed by atoms with E-state index >= 15 is 0 Å². The van der Waals surface area contributed by atoms with Crippen molar-refractivity contribution in [2.45, 2.75) is 31.2 Å². The highest BCUT2D eigenvalue weighted by Crippen LogP contribution is 2.38. The smallest absolute Gasteiger partial charge is 0.226 e. The van der Waals surface area contributed by atoms with Crippen LogP contribution in [-0.2, 0) is 9.53 Å². The number of H-pyrrole nitrogens is 1. The van der Waals surface area contributed by atoms with Gasteiger partial charge in [0.05, 0.1) is 13.2 Å². The van der Waals surface area contributed by atoms with Crippen molar-refractivity contribution in [1.29, 1.82) is 0 Å².